The second-order valence-corrected chi connectivity index (χ2v) is 8.03. The molecule has 168 valence electrons. The summed E-state index contributed by atoms with van der Waals surface area (Å²) in [5, 5.41) is 6.74. The van der Waals surface area contributed by atoms with E-state index in [1.807, 2.05) is 35.5 Å². The summed E-state index contributed by atoms with van der Waals surface area (Å²) in [4.78, 5) is 4.50. The maximum absolute atomic E-state index is 5.94. The van der Waals surface area contributed by atoms with Crippen LogP contribution < -0.4 is 4.74 Å². The van der Waals surface area contributed by atoms with E-state index < -0.39 is 0 Å². The highest BCUT2D eigenvalue weighted by atomic mass is 16.5. The maximum atomic E-state index is 5.94. The summed E-state index contributed by atoms with van der Waals surface area (Å²) in [6.07, 6.45) is 10.7. The van der Waals surface area contributed by atoms with Gasteiger partial charge in [-0.2, -0.15) is 0 Å². The quantitative estimate of drug-likeness (QED) is 0.417. The van der Waals surface area contributed by atoms with Crippen molar-refractivity contribution in [3.05, 3.63) is 83.9 Å². The molecule has 0 radical (unpaired) electrons. The highest BCUT2D eigenvalue weighted by Crippen LogP contribution is 2.24. The maximum Gasteiger partial charge on any atom is 0.208 e. The van der Waals surface area contributed by atoms with Crippen LogP contribution >= 0.6 is 0 Å². The van der Waals surface area contributed by atoms with Crippen LogP contribution in [0.3, 0.4) is 0 Å². The van der Waals surface area contributed by atoms with Crippen molar-refractivity contribution < 1.29 is 9.47 Å². The van der Waals surface area contributed by atoms with Crippen LogP contribution in [-0.4, -0.2) is 33.8 Å². The van der Waals surface area contributed by atoms with E-state index in [1.165, 1.54) is 11.1 Å². The Morgan fingerprint density at radius 2 is 1.78 bits per heavy atom. The fourth-order valence-electron chi connectivity index (χ4n) is 3.76. The number of nitrogens with zero attached hydrogens (tertiary/aromatic N) is 4. The molecule has 0 spiro atoms. The SMILES string of the molecule is CCCC1=NN([C@@H](Cc2ccc(OCCc3ccc(CC)cn3)cc2)n2cccc2)CO1. The zero-order chi connectivity index (χ0) is 22.2. The summed E-state index contributed by atoms with van der Waals surface area (Å²) in [5.41, 5.74) is 3.55. The van der Waals surface area contributed by atoms with Gasteiger partial charge in [0.25, 0.3) is 0 Å². The molecule has 3 heterocycles. The number of rotatable bonds is 11. The molecule has 1 atom stereocenters. The molecule has 0 unspecified atom stereocenters. The van der Waals surface area contributed by atoms with Gasteiger partial charge < -0.3 is 14.0 Å². The van der Waals surface area contributed by atoms with Gasteiger partial charge >= 0.3 is 0 Å². The van der Waals surface area contributed by atoms with Crippen molar-refractivity contribution in [2.75, 3.05) is 13.3 Å². The summed E-state index contributed by atoms with van der Waals surface area (Å²) in [6.45, 7) is 5.39. The van der Waals surface area contributed by atoms with Gasteiger partial charge in [-0.1, -0.05) is 32.0 Å². The first kappa shape index (κ1) is 21.9. The number of hydrazone groups is 1. The summed E-state index contributed by atoms with van der Waals surface area (Å²) >= 11 is 0. The molecule has 6 nitrogen and oxygen atoms in total. The zero-order valence-electron chi connectivity index (χ0n) is 19.0. The minimum atomic E-state index is 0.0725. The molecule has 6 heteroatoms. The van der Waals surface area contributed by atoms with E-state index in [9.17, 15) is 0 Å². The number of aryl methyl sites for hydroxylation is 1. The molecule has 0 aliphatic carbocycles. The van der Waals surface area contributed by atoms with Gasteiger partial charge in [0.15, 0.2) is 6.73 Å². The summed E-state index contributed by atoms with van der Waals surface area (Å²) in [6, 6.07) is 16.7. The van der Waals surface area contributed by atoms with Crippen LogP contribution in [0.4, 0.5) is 0 Å². The minimum absolute atomic E-state index is 0.0725. The molecule has 1 aliphatic heterocycles. The Labute approximate surface area is 190 Å². The minimum Gasteiger partial charge on any atom is -0.493 e. The second-order valence-electron chi connectivity index (χ2n) is 8.03. The summed E-state index contributed by atoms with van der Waals surface area (Å²) < 4.78 is 13.9. The van der Waals surface area contributed by atoms with Crippen LogP contribution in [0.15, 0.2) is 72.2 Å². The van der Waals surface area contributed by atoms with Gasteiger partial charge in [-0.25, -0.2) is 5.01 Å². The molecule has 1 aliphatic rings. The van der Waals surface area contributed by atoms with Gasteiger partial charge in [-0.05, 0) is 54.3 Å². The Balaban J connectivity index is 1.34. The van der Waals surface area contributed by atoms with E-state index in [1.54, 1.807) is 0 Å². The predicted octanol–water partition coefficient (Wildman–Crippen LogP) is 5.21. The number of hydrogen-bond donors (Lipinski definition) is 0. The molecule has 0 N–H and O–H groups in total. The van der Waals surface area contributed by atoms with Gasteiger partial charge in [0.05, 0.1) is 6.61 Å². The van der Waals surface area contributed by atoms with Crippen LogP contribution in [0.2, 0.25) is 0 Å². The monoisotopic (exact) mass is 432 g/mol. The molecule has 0 amide bonds. The van der Waals surface area contributed by atoms with E-state index in [4.69, 9.17) is 14.6 Å². The molecular weight excluding hydrogens is 400 g/mol. The van der Waals surface area contributed by atoms with Gasteiger partial charge in [0.1, 0.15) is 11.9 Å². The summed E-state index contributed by atoms with van der Waals surface area (Å²) in [7, 11) is 0. The van der Waals surface area contributed by atoms with E-state index in [0.29, 0.717) is 13.3 Å². The highest BCUT2D eigenvalue weighted by Gasteiger charge is 2.24. The average Bonchev–Trinajstić information content (AvgIpc) is 3.52. The number of benzene rings is 1. The Morgan fingerprint density at radius 1 is 1.00 bits per heavy atom. The van der Waals surface area contributed by atoms with E-state index in [2.05, 4.69) is 60.1 Å². The molecule has 0 fully saturated rings. The standard InChI is InChI=1S/C26H32N4O2/c1-3-7-25-28-30(20-32-25)26(29-15-5-6-16-29)18-22-9-12-24(13-10-22)31-17-14-23-11-8-21(4-2)19-27-23/h5-6,8-13,15-16,19,26H,3-4,7,14,17-18,20H2,1-2H3/t26-/m0/s1. The number of pyridine rings is 1. The van der Waals surface area contributed by atoms with Crippen molar-refractivity contribution in [2.45, 2.75) is 52.1 Å². The van der Waals surface area contributed by atoms with Crippen LogP contribution in [0.25, 0.3) is 0 Å². The first-order valence-corrected chi connectivity index (χ1v) is 11.5. The first-order valence-electron chi connectivity index (χ1n) is 11.5. The van der Waals surface area contributed by atoms with Crippen molar-refractivity contribution in [1.82, 2.24) is 14.6 Å². The van der Waals surface area contributed by atoms with Crippen LogP contribution in [-0.2, 0) is 24.0 Å². The Morgan fingerprint density at radius 3 is 2.47 bits per heavy atom. The number of aromatic nitrogens is 2. The Kier molecular flexibility index (Phi) is 7.43. The fourth-order valence-corrected chi connectivity index (χ4v) is 3.76. The topological polar surface area (TPSA) is 51.9 Å². The normalized spacial score (nSPS) is 14.2. The van der Waals surface area contributed by atoms with Gasteiger partial charge in [-0.15, -0.1) is 5.10 Å². The van der Waals surface area contributed by atoms with Crippen LogP contribution in [0.1, 0.15) is 49.7 Å². The molecule has 0 bridgehead atoms. The number of ether oxygens (including phenoxy) is 2. The smallest absolute Gasteiger partial charge is 0.208 e. The largest absolute Gasteiger partial charge is 0.493 e. The molecule has 3 aromatic rings. The van der Waals surface area contributed by atoms with Gasteiger partial charge in [-0.3, -0.25) is 4.98 Å². The van der Waals surface area contributed by atoms with E-state index >= 15 is 0 Å². The lowest BCUT2D eigenvalue weighted by Crippen LogP contribution is -2.28. The number of hydrogen-bond acceptors (Lipinski definition) is 5. The third-order valence-corrected chi connectivity index (χ3v) is 5.65. The van der Waals surface area contributed by atoms with Gasteiger partial charge in [0.2, 0.25) is 5.90 Å². The molecule has 4 rings (SSSR count). The first-order chi connectivity index (χ1) is 15.7. The Bertz CT molecular complexity index is 982. The lowest BCUT2D eigenvalue weighted by Gasteiger charge is -2.26. The zero-order valence-corrected chi connectivity index (χ0v) is 19.0. The van der Waals surface area contributed by atoms with Crippen LogP contribution in [0.5, 0.6) is 5.75 Å². The molecule has 0 saturated heterocycles. The van der Waals surface area contributed by atoms with Crippen molar-refractivity contribution in [1.29, 1.82) is 0 Å². The lowest BCUT2D eigenvalue weighted by atomic mass is 10.1. The highest BCUT2D eigenvalue weighted by molar-refractivity contribution is 5.76. The van der Waals surface area contributed by atoms with Crippen molar-refractivity contribution >= 4 is 5.90 Å². The van der Waals surface area contributed by atoms with Gasteiger partial charge in [0, 0.05) is 43.5 Å². The molecule has 32 heavy (non-hydrogen) atoms. The molecule has 1 aromatic carbocycles. The van der Waals surface area contributed by atoms with Crippen LogP contribution in [0, 0.1) is 0 Å². The average molecular weight is 433 g/mol. The van der Waals surface area contributed by atoms with E-state index in [-0.39, 0.29) is 6.17 Å². The van der Waals surface area contributed by atoms with E-state index in [0.717, 1.165) is 49.4 Å². The van der Waals surface area contributed by atoms with Crippen molar-refractivity contribution in [2.24, 2.45) is 5.10 Å². The second kappa shape index (κ2) is 10.8. The molecular formula is C26H32N4O2. The fraction of sp³-hybridized carbons (Fsp3) is 0.385. The third kappa shape index (κ3) is 5.69. The summed E-state index contributed by atoms with van der Waals surface area (Å²) in [5.74, 6) is 1.71. The third-order valence-electron chi connectivity index (χ3n) is 5.65. The molecule has 0 saturated carbocycles. The molecule has 2 aromatic heterocycles. The Hall–Kier alpha value is -3.28. The van der Waals surface area contributed by atoms with Crippen molar-refractivity contribution in [3.8, 4) is 5.75 Å². The predicted molar refractivity (Wildman–Crippen MR) is 127 cm³/mol. The lowest BCUT2D eigenvalue weighted by molar-refractivity contribution is 0.0826. The van der Waals surface area contributed by atoms with Crippen molar-refractivity contribution in [3.63, 3.8) is 0 Å².